The maximum atomic E-state index is 12.8. The predicted molar refractivity (Wildman–Crippen MR) is 94.8 cm³/mol. The van der Waals surface area contributed by atoms with Gasteiger partial charge in [0.05, 0.1) is 24.0 Å². The van der Waals surface area contributed by atoms with Crippen molar-refractivity contribution < 1.29 is 13.9 Å². The van der Waals surface area contributed by atoms with Gasteiger partial charge in [-0.25, -0.2) is 4.79 Å². The van der Waals surface area contributed by atoms with E-state index < -0.39 is 11.5 Å². The summed E-state index contributed by atoms with van der Waals surface area (Å²) in [5.74, 6) is 0.0788. The van der Waals surface area contributed by atoms with Crippen molar-refractivity contribution in [2.75, 3.05) is 7.11 Å². The summed E-state index contributed by atoms with van der Waals surface area (Å²) in [5.41, 5.74) is 6.86. The Balaban J connectivity index is 2.11. The molecule has 2 heterocycles. The van der Waals surface area contributed by atoms with E-state index in [1.54, 1.807) is 36.4 Å². The van der Waals surface area contributed by atoms with Crippen LogP contribution in [-0.2, 0) is 0 Å². The topological polar surface area (TPSA) is 98.5 Å². The molecule has 0 saturated carbocycles. The number of benzene rings is 2. The fraction of sp³-hybridized carbons (Fsp3) is 0.100. The molecule has 1 atom stereocenters. The number of ether oxygens (including phenoxy) is 2. The Kier molecular flexibility index (Phi) is 3.63. The number of fused-ring (bicyclic) bond motifs is 3. The fourth-order valence-corrected chi connectivity index (χ4v) is 3.28. The zero-order chi connectivity index (χ0) is 18.3. The van der Waals surface area contributed by atoms with Crippen LogP contribution in [0.2, 0.25) is 0 Å². The highest BCUT2D eigenvalue weighted by molar-refractivity contribution is 5.86. The lowest BCUT2D eigenvalue weighted by Crippen LogP contribution is -2.26. The Labute approximate surface area is 148 Å². The van der Waals surface area contributed by atoms with Crippen molar-refractivity contribution in [3.63, 3.8) is 0 Å². The van der Waals surface area contributed by atoms with E-state index in [0.29, 0.717) is 28.0 Å². The highest BCUT2D eigenvalue weighted by Crippen LogP contribution is 2.45. The van der Waals surface area contributed by atoms with Gasteiger partial charge in [0.2, 0.25) is 5.88 Å². The molecule has 4 rings (SSSR count). The Morgan fingerprint density at radius 3 is 2.65 bits per heavy atom. The molecule has 26 heavy (non-hydrogen) atoms. The fourth-order valence-electron chi connectivity index (χ4n) is 3.28. The second kappa shape index (κ2) is 5.97. The van der Waals surface area contributed by atoms with Crippen LogP contribution in [0, 0.1) is 11.3 Å². The summed E-state index contributed by atoms with van der Waals surface area (Å²) in [5, 5.41) is 10.3. The molecule has 0 unspecified atom stereocenters. The number of allylic oxidation sites excluding steroid dienone is 1. The molecule has 2 aromatic carbocycles. The summed E-state index contributed by atoms with van der Waals surface area (Å²) in [4.78, 5) is 12.8. The first-order chi connectivity index (χ1) is 12.7. The van der Waals surface area contributed by atoms with E-state index in [9.17, 15) is 10.1 Å². The van der Waals surface area contributed by atoms with Crippen molar-refractivity contribution in [3.05, 3.63) is 81.5 Å². The highest BCUT2D eigenvalue weighted by atomic mass is 16.5. The van der Waals surface area contributed by atoms with Crippen LogP contribution in [-0.4, -0.2) is 7.11 Å². The smallest absolute Gasteiger partial charge is 0.344 e. The molecule has 0 spiro atoms. The van der Waals surface area contributed by atoms with Gasteiger partial charge in [0, 0.05) is 5.56 Å². The molecule has 1 aliphatic heterocycles. The van der Waals surface area contributed by atoms with Gasteiger partial charge in [0.1, 0.15) is 23.0 Å². The SMILES string of the molecule is COc1ccccc1[C@@H]1C(C#N)=C(N)Oc2c1c(=O)oc1ccccc21. The van der Waals surface area contributed by atoms with E-state index in [2.05, 4.69) is 6.07 Å². The van der Waals surface area contributed by atoms with Crippen molar-refractivity contribution in [1.82, 2.24) is 0 Å². The lowest BCUT2D eigenvalue weighted by Gasteiger charge is -2.26. The number of rotatable bonds is 2. The average Bonchev–Trinajstić information content (AvgIpc) is 2.67. The van der Waals surface area contributed by atoms with E-state index in [0.717, 1.165) is 0 Å². The first-order valence-corrected chi connectivity index (χ1v) is 7.92. The summed E-state index contributed by atoms with van der Waals surface area (Å²) < 4.78 is 16.6. The maximum absolute atomic E-state index is 12.8. The highest BCUT2D eigenvalue weighted by Gasteiger charge is 2.36. The Morgan fingerprint density at radius 1 is 1.15 bits per heavy atom. The van der Waals surface area contributed by atoms with Gasteiger partial charge in [0.15, 0.2) is 5.75 Å². The van der Waals surface area contributed by atoms with Crippen molar-refractivity contribution in [2.45, 2.75) is 5.92 Å². The molecule has 1 aliphatic rings. The summed E-state index contributed by atoms with van der Waals surface area (Å²) in [7, 11) is 1.53. The Hall–Kier alpha value is -3.72. The van der Waals surface area contributed by atoms with Crippen molar-refractivity contribution in [1.29, 1.82) is 5.26 Å². The average molecular weight is 346 g/mol. The number of hydrogen-bond acceptors (Lipinski definition) is 6. The monoisotopic (exact) mass is 346 g/mol. The van der Waals surface area contributed by atoms with E-state index in [1.807, 2.05) is 12.1 Å². The van der Waals surface area contributed by atoms with Crippen LogP contribution in [0.15, 0.2) is 69.2 Å². The second-order valence-electron chi connectivity index (χ2n) is 5.80. The van der Waals surface area contributed by atoms with Crippen LogP contribution >= 0.6 is 0 Å². The normalized spacial score (nSPS) is 15.9. The van der Waals surface area contributed by atoms with Gasteiger partial charge in [-0.15, -0.1) is 0 Å². The number of methoxy groups -OCH3 is 1. The number of para-hydroxylation sites is 2. The molecule has 3 aromatic rings. The first-order valence-electron chi connectivity index (χ1n) is 7.92. The van der Waals surface area contributed by atoms with E-state index in [-0.39, 0.29) is 17.0 Å². The zero-order valence-corrected chi connectivity index (χ0v) is 13.9. The van der Waals surface area contributed by atoms with Crippen LogP contribution in [0.1, 0.15) is 17.0 Å². The maximum Gasteiger partial charge on any atom is 0.344 e. The molecule has 6 heteroatoms. The molecule has 0 amide bonds. The molecule has 0 aliphatic carbocycles. The molecule has 6 nitrogen and oxygen atoms in total. The third-order valence-electron chi connectivity index (χ3n) is 4.42. The lowest BCUT2D eigenvalue weighted by molar-refractivity contribution is 0.382. The van der Waals surface area contributed by atoms with Gasteiger partial charge in [-0.05, 0) is 18.2 Å². The minimum Gasteiger partial charge on any atom is -0.496 e. The van der Waals surface area contributed by atoms with Crippen LogP contribution in [0.3, 0.4) is 0 Å². The largest absolute Gasteiger partial charge is 0.496 e. The summed E-state index contributed by atoms with van der Waals surface area (Å²) in [6, 6.07) is 16.3. The van der Waals surface area contributed by atoms with Crippen molar-refractivity contribution in [3.8, 4) is 17.6 Å². The zero-order valence-electron chi connectivity index (χ0n) is 13.9. The third-order valence-corrected chi connectivity index (χ3v) is 4.42. The van der Waals surface area contributed by atoms with E-state index in [4.69, 9.17) is 19.6 Å². The number of hydrogen-bond donors (Lipinski definition) is 1. The van der Waals surface area contributed by atoms with Gasteiger partial charge in [0.25, 0.3) is 0 Å². The van der Waals surface area contributed by atoms with Crippen molar-refractivity contribution in [2.24, 2.45) is 5.73 Å². The van der Waals surface area contributed by atoms with Crippen LogP contribution in [0.4, 0.5) is 0 Å². The second-order valence-corrected chi connectivity index (χ2v) is 5.80. The Bertz CT molecular complexity index is 1150. The van der Waals surface area contributed by atoms with Gasteiger partial charge in [-0.1, -0.05) is 30.3 Å². The molecular formula is C20H14N2O4. The predicted octanol–water partition coefficient (Wildman–Crippen LogP) is 3.02. The molecule has 0 fully saturated rings. The molecular weight excluding hydrogens is 332 g/mol. The third kappa shape index (κ3) is 2.22. The van der Waals surface area contributed by atoms with Crippen LogP contribution in [0.25, 0.3) is 11.0 Å². The molecule has 2 N–H and O–H groups in total. The first kappa shape index (κ1) is 15.8. The molecule has 0 saturated heterocycles. The Morgan fingerprint density at radius 2 is 1.88 bits per heavy atom. The van der Waals surface area contributed by atoms with Crippen LogP contribution < -0.4 is 20.8 Å². The molecule has 1 aromatic heterocycles. The molecule has 128 valence electrons. The molecule has 0 bridgehead atoms. The van der Waals surface area contributed by atoms with Crippen molar-refractivity contribution >= 4 is 11.0 Å². The van der Waals surface area contributed by atoms with Gasteiger partial charge in [-0.2, -0.15) is 5.26 Å². The standard InChI is InChI=1S/C20H14N2O4/c1-24-14-8-4-2-6-11(14)16-13(10-21)19(22)26-18-12-7-3-5-9-15(12)25-20(23)17(16)18/h2-9,16H,22H2,1H3/t16-/m1/s1. The van der Waals surface area contributed by atoms with E-state index in [1.165, 1.54) is 7.11 Å². The number of nitrogens with zero attached hydrogens (tertiary/aromatic N) is 1. The number of nitrogens with two attached hydrogens (primary N) is 1. The van der Waals surface area contributed by atoms with Gasteiger partial charge < -0.3 is 19.6 Å². The van der Waals surface area contributed by atoms with E-state index >= 15 is 0 Å². The van der Waals surface area contributed by atoms with Crippen LogP contribution in [0.5, 0.6) is 11.5 Å². The number of nitriles is 1. The summed E-state index contributed by atoms with van der Waals surface area (Å²) in [6.45, 7) is 0. The van der Waals surface area contributed by atoms with Gasteiger partial charge in [-0.3, -0.25) is 0 Å². The minimum atomic E-state index is -0.735. The quantitative estimate of drug-likeness (QED) is 0.716. The molecule has 0 radical (unpaired) electrons. The summed E-state index contributed by atoms with van der Waals surface area (Å²) in [6.07, 6.45) is 0. The summed E-state index contributed by atoms with van der Waals surface area (Å²) >= 11 is 0. The van der Waals surface area contributed by atoms with Gasteiger partial charge >= 0.3 is 5.63 Å². The minimum absolute atomic E-state index is 0.0355. The lowest BCUT2D eigenvalue weighted by atomic mass is 9.83.